The normalized spacial score (nSPS) is 10.2. The smallest absolute Gasteiger partial charge is 0.270 e. The Morgan fingerprint density at radius 2 is 1.86 bits per heavy atom. The minimum atomic E-state index is -0.428. The molecule has 2 aromatic carbocycles. The summed E-state index contributed by atoms with van der Waals surface area (Å²) in [5, 5.41) is 11.3. The number of benzene rings is 2. The maximum Gasteiger partial charge on any atom is 0.270 e. The van der Waals surface area contributed by atoms with Gasteiger partial charge in [0.1, 0.15) is 5.75 Å². The molecule has 110 valence electrons. The molecule has 5 nitrogen and oxygen atoms in total. The van der Waals surface area contributed by atoms with E-state index >= 15 is 0 Å². The highest BCUT2D eigenvalue weighted by molar-refractivity contribution is 9.08. The third kappa shape index (κ3) is 3.52. The number of halogens is 1. The van der Waals surface area contributed by atoms with Crippen LogP contribution in [0.1, 0.15) is 11.1 Å². The number of alkyl halides is 1. The minimum absolute atomic E-state index is 0.0349. The van der Waals surface area contributed by atoms with Crippen molar-refractivity contribution in [2.45, 2.75) is 12.3 Å². The molecule has 2 aromatic rings. The van der Waals surface area contributed by atoms with Crippen LogP contribution in [-0.4, -0.2) is 12.0 Å². The van der Waals surface area contributed by atoms with Gasteiger partial charge in [0.2, 0.25) is 0 Å². The number of ether oxygens (including phenoxy) is 2. The molecule has 2 rings (SSSR count). The summed E-state index contributed by atoms with van der Waals surface area (Å²) >= 11 is 3.32. The number of nitro groups is 1. The Bertz CT molecular complexity index is 673. The van der Waals surface area contributed by atoms with Gasteiger partial charge in [-0.3, -0.25) is 10.1 Å². The van der Waals surface area contributed by atoms with Crippen LogP contribution in [0.15, 0.2) is 36.4 Å². The topological polar surface area (TPSA) is 61.6 Å². The number of hydrogen-bond acceptors (Lipinski definition) is 4. The van der Waals surface area contributed by atoms with Gasteiger partial charge in [0.05, 0.1) is 12.0 Å². The molecule has 21 heavy (non-hydrogen) atoms. The van der Waals surface area contributed by atoms with E-state index in [2.05, 4.69) is 15.9 Å². The lowest BCUT2D eigenvalue weighted by Crippen LogP contribution is -1.95. The number of non-ortho nitro benzene ring substituents is 1. The van der Waals surface area contributed by atoms with Crippen LogP contribution in [0.25, 0.3) is 0 Å². The van der Waals surface area contributed by atoms with E-state index in [-0.39, 0.29) is 5.69 Å². The molecule has 0 N–H and O–H groups in total. The molecule has 0 saturated heterocycles. The summed E-state index contributed by atoms with van der Waals surface area (Å²) in [5.41, 5.74) is 1.79. The van der Waals surface area contributed by atoms with Crippen molar-refractivity contribution in [2.24, 2.45) is 0 Å². The fourth-order valence-corrected chi connectivity index (χ4v) is 2.30. The molecule has 0 aliphatic heterocycles. The molecule has 0 radical (unpaired) electrons. The van der Waals surface area contributed by atoms with Crippen molar-refractivity contribution in [3.05, 3.63) is 57.6 Å². The molecular formula is C15H14BrNO4. The van der Waals surface area contributed by atoms with Crippen LogP contribution >= 0.6 is 15.9 Å². The summed E-state index contributed by atoms with van der Waals surface area (Å²) in [7, 11) is 1.57. The number of hydrogen-bond donors (Lipinski definition) is 0. The quantitative estimate of drug-likeness (QED) is 0.448. The van der Waals surface area contributed by atoms with Gasteiger partial charge >= 0.3 is 0 Å². The number of aryl methyl sites for hydroxylation is 1. The van der Waals surface area contributed by atoms with Crippen LogP contribution in [0, 0.1) is 17.0 Å². The fraction of sp³-hybridized carbons (Fsp3) is 0.200. The molecule has 0 bridgehead atoms. The van der Waals surface area contributed by atoms with Crippen LogP contribution < -0.4 is 9.47 Å². The second-order valence-corrected chi connectivity index (χ2v) is 5.00. The molecule has 0 unspecified atom stereocenters. The van der Waals surface area contributed by atoms with Gasteiger partial charge < -0.3 is 9.47 Å². The van der Waals surface area contributed by atoms with Crippen molar-refractivity contribution in [1.82, 2.24) is 0 Å². The second-order valence-electron chi connectivity index (χ2n) is 4.44. The molecule has 0 amide bonds. The van der Waals surface area contributed by atoms with Crippen LogP contribution in [0.5, 0.6) is 17.2 Å². The molecule has 0 heterocycles. The van der Waals surface area contributed by atoms with Crippen LogP contribution in [0.2, 0.25) is 0 Å². The molecule has 0 fully saturated rings. The SMILES string of the molecule is COc1cc(C)ccc1Oc1ccc([N+](=O)[O-])cc1CBr. The summed E-state index contributed by atoms with van der Waals surface area (Å²) in [6.07, 6.45) is 0. The molecule has 0 aromatic heterocycles. The Kier molecular flexibility index (Phi) is 4.80. The first-order valence-electron chi connectivity index (χ1n) is 6.21. The van der Waals surface area contributed by atoms with E-state index in [1.807, 2.05) is 25.1 Å². The van der Waals surface area contributed by atoms with Gasteiger partial charge in [0.25, 0.3) is 5.69 Å². The highest BCUT2D eigenvalue weighted by atomic mass is 79.9. The molecular weight excluding hydrogens is 338 g/mol. The number of rotatable bonds is 5. The largest absolute Gasteiger partial charge is 0.493 e. The van der Waals surface area contributed by atoms with Crippen molar-refractivity contribution in [1.29, 1.82) is 0 Å². The van der Waals surface area contributed by atoms with Crippen LogP contribution in [0.4, 0.5) is 5.69 Å². The Morgan fingerprint density at radius 1 is 1.14 bits per heavy atom. The lowest BCUT2D eigenvalue weighted by molar-refractivity contribution is -0.384. The Labute approximate surface area is 130 Å². The average molecular weight is 352 g/mol. The van der Waals surface area contributed by atoms with E-state index in [1.54, 1.807) is 13.2 Å². The Hall–Kier alpha value is -2.08. The van der Waals surface area contributed by atoms with Crippen LogP contribution in [0.3, 0.4) is 0 Å². The lowest BCUT2D eigenvalue weighted by atomic mass is 10.2. The maximum atomic E-state index is 10.8. The zero-order valence-electron chi connectivity index (χ0n) is 11.6. The van der Waals surface area contributed by atoms with E-state index in [1.165, 1.54) is 12.1 Å². The van der Waals surface area contributed by atoms with Gasteiger partial charge in [-0.1, -0.05) is 22.0 Å². The van der Waals surface area contributed by atoms with Crippen molar-refractivity contribution in [3.63, 3.8) is 0 Å². The predicted molar refractivity (Wildman–Crippen MR) is 83.5 cm³/mol. The second kappa shape index (κ2) is 6.58. The lowest BCUT2D eigenvalue weighted by Gasteiger charge is -2.13. The van der Waals surface area contributed by atoms with E-state index < -0.39 is 4.92 Å². The van der Waals surface area contributed by atoms with Gasteiger partial charge in [-0.2, -0.15) is 0 Å². The predicted octanol–water partition coefficient (Wildman–Crippen LogP) is 4.60. The Balaban J connectivity index is 2.37. The third-order valence-electron chi connectivity index (χ3n) is 2.94. The Morgan fingerprint density at radius 3 is 2.48 bits per heavy atom. The van der Waals surface area contributed by atoms with Gasteiger partial charge in [-0.05, 0) is 30.7 Å². The standard InChI is InChI=1S/C15H14BrNO4/c1-10-3-5-14(15(7-10)20-2)21-13-6-4-12(17(18)19)8-11(13)9-16/h3-8H,9H2,1-2H3. The third-order valence-corrected chi connectivity index (χ3v) is 3.54. The molecule has 0 atom stereocenters. The van der Waals surface area contributed by atoms with Crippen LogP contribution in [-0.2, 0) is 5.33 Å². The minimum Gasteiger partial charge on any atom is -0.493 e. The first kappa shape index (κ1) is 15.3. The molecule has 0 aliphatic rings. The van der Waals surface area contributed by atoms with Gasteiger partial charge in [-0.25, -0.2) is 0 Å². The number of methoxy groups -OCH3 is 1. The van der Waals surface area contributed by atoms with Gasteiger partial charge in [-0.15, -0.1) is 0 Å². The van der Waals surface area contributed by atoms with E-state index in [0.717, 1.165) is 5.56 Å². The van der Waals surface area contributed by atoms with E-state index in [9.17, 15) is 10.1 Å². The highest BCUT2D eigenvalue weighted by Gasteiger charge is 2.13. The highest BCUT2D eigenvalue weighted by Crippen LogP contribution is 2.35. The van der Waals surface area contributed by atoms with Crippen molar-refractivity contribution >= 4 is 21.6 Å². The summed E-state index contributed by atoms with van der Waals surface area (Å²) in [6.45, 7) is 1.96. The molecule has 0 saturated carbocycles. The fourth-order valence-electron chi connectivity index (χ4n) is 1.86. The summed E-state index contributed by atoms with van der Waals surface area (Å²) in [4.78, 5) is 10.4. The zero-order valence-corrected chi connectivity index (χ0v) is 13.2. The molecule has 0 aliphatic carbocycles. The molecule has 6 heteroatoms. The molecule has 0 spiro atoms. The summed E-state index contributed by atoms with van der Waals surface area (Å²) < 4.78 is 11.1. The zero-order chi connectivity index (χ0) is 15.4. The van der Waals surface area contributed by atoms with Gasteiger partial charge in [0.15, 0.2) is 11.5 Å². The first-order chi connectivity index (χ1) is 10.0. The summed E-state index contributed by atoms with van der Waals surface area (Å²) in [6, 6.07) is 10.1. The number of nitrogens with zero attached hydrogens (tertiary/aromatic N) is 1. The van der Waals surface area contributed by atoms with Gasteiger partial charge in [0, 0.05) is 23.0 Å². The summed E-state index contributed by atoms with van der Waals surface area (Å²) in [5.74, 6) is 1.74. The van der Waals surface area contributed by atoms with E-state index in [4.69, 9.17) is 9.47 Å². The van der Waals surface area contributed by atoms with E-state index in [0.29, 0.717) is 28.1 Å². The van der Waals surface area contributed by atoms with Crippen molar-refractivity contribution in [2.75, 3.05) is 7.11 Å². The van der Waals surface area contributed by atoms with Crippen molar-refractivity contribution < 1.29 is 14.4 Å². The first-order valence-corrected chi connectivity index (χ1v) is 7.33. The number of nitro benzene ring substituents is 1. The van der Waals surface area contributed by atoms with Crippen molar-refractivity contribution in [3.8, 4) is 17.2 Å². The monoisotopic (exact) mass is 351 g/mol. The maximum absolute atomic E-state index is 10.8. The average Bonchev–Trinajstić information content (AvgIpc) is 2.49.